The van der Waals surface area contributed by atoms with Gasteiger partial charge in [0.25, 0.3) is 0 Å². The third-order valence-electron chi connectivity index (χ3n) is 3.24. The molecule has 1 aromatic carbocycles. The molecule has 5 nitrogen and oxygen atoms in total. The summed E-state index contributed by atoms with van der Waals surface area (Å²) < 4.78 is 11.7. The molecule has 0 radical (unpaired) electrons. The van der Waals surface area contributed by atoms with Gasteiger partial charge in [0, 0.05) is 23.0 Å². The molecule has 7 heteroatoms. The smallest absolute Gasteiger partial charge is 0.414 e. The molecule has 0 saturated heterocycles. The van der Waals surface area contributed by atoms with Crippen LogP contribution in [0.2, 0.25) is 0 Å². The van der Waals surface area contributed by atoms with E-state index in [1.807, 2.05) is 39.0 Å². The maximum atomic E-state index is 12.4. The standard InChI is InChI=1S/C16H19BrClNO4/c1-16(2,3)23-15(21)19-7-6-13(22-14(20)9-18)11-8-10(17)4-5-12(11)19/h4-5,8,13H,6-7,9H2,1-3H3/t13-/m1/s1. The zero-order valence-electron chi connectivity index (χ0n) is 13.3. The number of halogens is 2. The van der Waals surface area contributed by atoms with Crippen molar-refractivity contribution in [3.05, 3.63) is 28.2 Å². The van der Waals surface area contributed by atoms with Gasteiger partial charge in [-0.25, -0.2) is 4.79 Å². The maximum Gasteiger partial charge on any atom is 0.414 e. The number of benzene rings is 1. The van der Waals surface area contributed by atoms with Gasteiger partial charge in [-0.1, -0.05) is 15.9 Å². The SMILES string of the molecule is CC(C)(C)OC(=O)N1CC[C@@H](OC(=O)CCl)c2cc(Br)ccc21. The lowest BCUT2D eigenvalue weighted by Crippen LogP contribution is -2.41. The Bertz CT molecular complexity index is 615. The maximum absolute atomic E-state index is 12.4. The van der Waals surface area contributed by atoms with Gasteiger partial charge in [-0.2, -0.15) is 0 Å². The number of carbonyl (C=O) groups is 2. The summed E-state index contributed by atoms with van der Waals surface area (Å²) in [6.07, 6.45) is -0.346. The minimum absolute atomic E-state index is 0.199. The first-order valence-electron chi connectivity index (χ1n) is 7.26. The van der Waals surface area contributed by atoms with Crippen LogP contribution in [0.25, 0.3) is 0 Å². The Balaban J connectivity index is 2.31. The molecule has 0 spiro atoms. The van der Waals surface area contributed by atoms with Crippen LogP contribution in [-0.4, -0.2) is 30.1 Å². The van der Waals surface area contributed by atoms with Crippen molar-refractivity contribution >= 4 is 45.3 Å². The van der Waals surface area contributed by atoms with Gasteiger partial charge >= 0.3 is 12.1 Å². The topological polar surface area (TPSA) is 55.8 Å². The lowest BCUT2D eigenvalue weighted by Gasteiger charge is -2.35. The number of fused-ring (bicyclic) bond motifs is 1. The number of hydrogen-bond donors (Lipinski definition) is 0. The molecule has 1 aliphatic rings. The fourth-order valence-electron chi connectivity index (χ4n) is 2.37. The molecule has 2 rings (SSSR count). The predicted molar refractivity (Wildman–Crippen MR) is 91.9 cm³/mol. The number of rotatable bonds is 2. The highest BCUT2D eigenvalue weighted by atomic mass is 79.9. The fraction of sp³-hybridized carbons (Fsp3) is 0.500. The third kappa shape index (κ3) is 4.61. The van der Waals surface area contributed by atoms with E-state index >= 15 is 0 Å². The van der Waals surface area contributed by atoms with E-state index in [-0.39, 0.29) is 5.88 Å². The third-order valence-corrected chi connectivity index (χ3v) is 3.95. The molecule has 1 aromatic rings. The Morgan fingerprint density at radius 1 is 1.39 bits per heavy atom. The second kappa shape index (κ2) is 7.09. The zero-order valence-corrected chi connectivity index (χ0v) is 15.6. The summed E-state index contributed by atoms with van der Waals surface area (Å²) in [5.41, 5.74) is 0.866. The highest BCUT2D eigenvalue weighted by Gasteiger charge is 2.33. The van der Waals surface area contributed by atoms with Crippen LogP contribution in [0.4, 0.5) is 10.5 Å². The van der Waals surface area contributed by atoms with Crippen LogP contribution in [0.1, 0.15) is 38.9 Å². The van der Waals surface area contributed by atoms with E-state index in [1.165, 1.54) is 0 Å². The number of carbonyl (C=O) groups excluding carboxylic acids is 2. The Morgan fingerprint density at radius 3 is 2.70 bits per heavy atom. The fourth-order valence-corrected chi connectivity index (χ4v) is 2.81. The average molecular weight is 405 g/mol. The van der Waals surface area contributed by atoms with E-state index in [2.05, 4.69) is 15.9 Å². The molecular formula is C16H19BrClNO4. The summed E-state index contributed by atoms with van der Waals surface area (Å²) in [5, 5.41) is 0. The van der Waals surface area contributed by atoms with Crippen molar-refractivity contribution in [2.75, 3.05) is 17.3 Å². The van der Waals surface area contributed by atoms with Crippen molar-refractivity contribution in [3.8, 4) is 0 Å². The molecule has 0 N–H and O–H groups in total. The first-order valence-corrected chi connectivity index (χ1v) is 8.59. The molecule has 1 aliphatic heterocycles. The van der Waals surface area contributed by atoms with E-state index < -0.39 is 23.8 Å². The molecule has 0 fully saturated rings. The average Bonchev–Trinajstić information content (AvgIpc) is 2.45. The van der Waals surface area contributed by atoms with Gasteiger partial charge in [-0.05, 0) is 39.0 Å². The van der Waals surface area contributed by atoms with Gasteiger partial charge in [0.15, 0.2) is 0 Å². The molecule has 1 amide bonds. The molecule has 0 aromatic heterocycles. The second-order valence-corrected chi connectivity index (χ2v) is 7.42. The molecule has 0 unspecified atom stereocenters. The van der Waals surface area contributed by atoms with Crippen LogP contribution in [-0.2, 0) is 14.3 Å². The van der Waals surface area contributed by atoms with E-state index in [0.717, 1.165) is 10.0 Å². The van der Waals surface area contributed by atoms with Crippen molar-refractivity contribution in [1.82, 2.24) is 0 Å². The van der Waals surface area contributed by atoms with Crippen LogP contribution in [0.15, 0.2) is 22.7 Å². The van der Waals surface area contributed by atoms with Crippen molar-refractivity contribution in [1.29, 1.82) is 0 Å². The Kier molecular flexibility index (Phi) is 5.57. The monoisotopic (exact) mass is 403 g/mol. The lowest BCUT2D eigenvalue weighted by molar-refractivity contribution is -0.146. The summed E-state index contributed by atoms with van der Waals surface area (Å²) >= 11 is 8.92. The van der Waals surface area contributed by atoms with Crippen molar-refractivity contribution in [2.45, 2.75) is 38.9 Å². The van der Waals surface area contributed by atoms with Gasteiger partial charge in [-0.3, -0.25) is 9.69 Å². The summed E-state index contributed by atoms with van der Waals surface area (Å²) in [4.78, 5) is 25.5. The van der Waals surface area contributed by atoms with Crippen molar-refractivity contribution in [2.24, 2.45) is 0 Å². The number of alkyl halides is 1. The Hall–Kier alpha value is -1.27. The van der Waals surface area contributed by atoms with Gasteiger partial charge in [0.2, 0.25) is 0 Å². The predicted octanol–water partition coefficient (Wildman–Crippen LogP) is 4.42. The largest absolute Gasteiger partial charge is 0.456 e. The number of nitrogens with zero attached hydrogens (tertiary/aromatic N) is 1. The van der Waals surface area contributed by atoms with E-state index in [0.29, 0.717) is 18.7 Å². The highest BCUT2D eigenvalue weighted by molar-refractivity contribution is 9.10. The van der Waals surface area contributed by atoms with Crippen molar-refractivity contribution in [3.63, 3.8) is 0 Å². The quantitative estimate of drug-likeness (QED) is 0.541. The molecule has 0 aliphatic carbocycles. The zero-order chi connectivity index (χ0) is 17.2. The van der Waals surface area contributed by atoms with Gasteiger partial charge in [0.1, 0.15) is 17.6 Å². The summed E-state index contributed by atoms with van der Waals surface area (Å²) in [6.45, 7) is 5.87. The normalized spacial score (nSPS) is 17.4. The van der Waals surface area contributed by atoms with Gasteiger partial charge in [0.05, 0.1) is 5.69 Å². The van der Waals surface area contributed by atoms with E-state index in [9.17, 15) is 9.59 Å². The number of amides is 1. The van der Waals surface area contributed by atoms with E-state index in [1.54, 1.807) is 4.90 Å². The first kappa shape index (κ1) is 18.1. The van der Waals surface area contributed by atoms with Gasteiger partial charge in [-0.15, -0.1) is 11.6 Å². The summed E-state index contributed by atoms with van der Waals surface area (Å²) in [7, 11) is 0. The van der Waals surface area contributed by atoms with Crippen molar-refractivity contribution < 1.29 is 19.1 Å². The number of anilines is 1. The first-order chi connectivity index (χ1) is 10.7. The van der Waals surface area contributed by atoms with E-state index in [4.69, 9.17) is 21.1 Å². The molecule has 1 heterocycles. The highest BCUT2D eigenvalue weighted by Crippen LogP contribution is 2.38. The number of esters is 1. The minimum Gasteiger partial charge on any atom is -0.456 e. The molecule has 0 bridgehead atoms. The second-order valence-electron chi connectivity index (χ2n) is 6.24. The molecule has 126 valence electrons. The van der Waals surface area contributed by atoms with Crippen LogP contribution in [0.5, 0.6) is 0 Å². The van der Waals surface area contributed by atoms with Crippen LogP contribution in [0, 0.1) is 0 Å². The molecule has 1 atom stereocenters. The minimum atomic E-state index is -0.575. The molecule has 23 heavy (non-hydrogen) atoms. The Labute approximate surface area is 149 Å². The summed E-state index contributed by atoms with van der Waals surface area (Å²) in [6, 6.07) is 5.49. The van der Waals surface area contributed by atoms with Gasteiger partial charge < -0.3 is 9.47 Å². The Morgan fingerprint density at radius 2 is 2.09 bits per heavy atom. The van der Waals surface area contributed by atoms with Crippen LogP contribution < -0.4 is 4.90 Å². The van der Waals surface area contributed by atoms with Crippen LogP contribution in [0.3, 0.4) is 0 Å². The number of ether oxygens (including phenoxy) is 2. The molecule has 0 saturated carbocycles. The van der Waals surface area contributed by atoms with Crippen LogP contribution >= 0.6 is 27.5 Å². The molecular weight excluding hydrogens is 386 g/mol. The number of hydrogen-bond acceptors (Lipinski definition) is 4. The lowest BCUT2D eigenvalue weighted by atomic mass is 9.99. The summed E-state index contributed by atoms with van der Waals surface area (Å²) in [5.74, 6) is -0.677.